The van der Waals surface area contributed by atoms with Gasteiger partial charge in [0.1, 0.15) is 5.82 Å². The molecule has 6 nitrogen and oxygen atoms in total. The Bertz CT molecular complexity index is 1040. The van der Waals surface area contributed by atoms with Crippen LogP contribution in [0.5, 0.6) is 5.75 Å². The molecule has 160 valence electrons. The maximum atomic E-state index is 13.4. The third-order valence-electron chi connectivity index (χ3n) is 5.50. The van der Waals surface area contributed by atoms with Crippen LogP contribution in [-0.2, 0) is 0 Å². The molecular weight excluding hydrogens is 397 g/mol. The van der Waals surface area contributed by atoms with Crippen LogP contribution in [0.25, 0.3) is 10.9 Å². The fourth-order valence-electron chi connectivity index (χ4n) is 3.85. The van der Waals surface area contributed by atoms with Gasteiger partial charge in [0.25, 0.3) is 5.91 Å². The largest absolute Gasteiger partial charge is 0.503 e. The molecule has 4 rings (SSSR count). The first-order valence-electron chi connectivity index (χ1n) is 9.51. The second kappa shape index (κ2) is 8.74. The molecule has 0 bridgehead atoms. The van der Waals surface area contributed by atoms with Crippen LogP contribution in [0.1, 0.15) is 42.1 Å². The fourth-order valence-corrected chi connectivity index (χ4v) is 3.85. The molecule has 5 N–H and O–H groups in total. The van der Waals surface area contributed by atoms with E-state index >= 15 is 0 Å². The Morgan fingerprint density at radius 3 is 2.43 bits per heavy atom. The molecule has 1 aliphatic rings. The molecular formula is C21H23F3N4O2. The van der Waals surface area contributed by atoms with Gasteiger partial charge >= 0.3 is 0 Å². The molecule has 0 unspecified atom stereocenters. The van der Waals surface area contributed by atoms with Gasteiger partial charge in [0.15, 0.2) is 17.4 Å². The number of carbonyl (C=O) groups is 1. The average Bonchev–Trinajstić information content (AvgIpc) is 3.13. The monoisotopic (exact) mass is 420 g/mol. The molecule has 2 aromatic carbocycles. The Hall–Kier alpha value is -3.07. The number of hydrogen-bond acceptors (Lipinski definition) is 4. The topological polar surface area (TPSA) is 102 Å². The molecule has 1 amide bonds. The van der Waals surface area contributed by atoms with Crippen LogP contribution in [0.2, 0.25) is 0 Å². The summed E-state index contributed by atoms with van der Waals surface area (Å²) in [5.41, 5.74) is 0.594. The summed E-state index contributed by atoms with van der Waals surface area (Å²) in [5.74, 6) is -4.03. The lowest BCUT2D eigenvalue weighted by molar-refractivity contribution is 0.0940. The van der Waals surface area contributed by atoms with Gasteiger partial charge in [-0.3, -0.25) is 9.48 Å². The lowest BCUT2D eigenvalue weighted by atomic mass is 9.86. The number of carbonyl (C=O) groups excluding carboxylic acids is 1. The number of amides is 1. The highest BCUT2D eigenvalue weighted by molar-refractivity contribution is 5.94. The van der Waals surface area contributed by atoms with Gasteiger partial charge in [-0.05, 0) is 61.9 Å². The quantitative estimate of drug-likeness (QED) is 0.579. The minimum atomic E-state index is -1.16. The highest BCUT2D eigenvalue weighted by Gasteiger charge is 2.24. The highest BCUT2D eigenvalue weighted by atomic mass is 19.1. The van der Waals surface area contributed by atoms with E-state index in [-0.39, 0.29) is 29.5 Å². The summed E-state index contributed by atoms with van der Waals surface area (Å²) in [7, 11) is 0. The SMILES string of the molecule is N.O=C(NCC1CCC(n2cc3cc(F)ccc3n2)CC1)c1cc(F)c(O)c(F)c1. The Morgan fingerprint density at radius 2 is 1.77 bits per heavy atom. The number of hydrogen-bond donors (Lipinski definition) is 3. The maximum absolute atomic E-state index is 13.4. The zero-order valence-electron chi connectivity index (χ0n) is 16.2. The second-order valence-corrected chi connectivity index (χ2v) is 7.49. The van der Waals surface area contributed by atoms with Gasteiger partial charge in [-0.2, -0.15) is 5.10 Å². The van der Waals surface area contributed by atoms with Crippen LogP contribution in [-0.4, -0.2) is 27.3 Å². The van der Waals surface area contributed by atoms with Crippen molar-refractivity contribution in [2.24, 2.45) is 5.92 Å². The Kier molecular flexibility index (Phi) is 6.31. The van der Waals surface area contributed by atoms with Crippen LogP contribution in [0, 0.1) is 23.4 Å². The van der Waals surface area contributed by atoms with Gasteiger partial charge in [-0.15, -0.1) is 0 Å². The van der Waals surface area contributed by atoms with E-state index in [2.05, 4.69) is 10.4 Å². The standard InChI is InChI=1S/C21H20F3N3O2.H3N/c22-15-3-6-19-14(7-15)11-27(26-19)16-4-1-12(2-5-16)10-25-21(29)13-8-17(23)20(28)18(24)9-13;/h3,6-9,11-12,16,28H,1-2,4-5,10H2,(H,25,29);1H3. The smallest absolute Gasteiger partial charge is 0.251 e. The fraction of sp³-hybridized carbons (Fsp3) is 0.333. The number of phenolic OH excluding ortho intramolecular Hbond substituents is 1. The van der Waals surface area contributed by atoms with Crippen LogP contribution in [0.15, 0.2) is 36.5 Å². The van der Waals surface area contributed by atoms with E-state index in [0.29, 0.717) is 6.54 Å². The van der Waals surface area contributed by atoms with Crippen LogP contribution in [0.4, 0.5) is 13.2 Å². The second-order valence-electron chi connectivity index (χ2n) is 7.49. The number of halogens is 3. The number of nitrogens with one attached hydrogen (secondary N) is 1. The number of benzene rings is 2. The first kappa shape index (κ1) is 21.6. The van der Waals surface area contributed by atoms with Crippen LogP contribution in [0.3, 0.4) is 0 Å². The number of aromatic nitrogens is 2. The van der Waals surface area contributed by atoms with Crippen molar-refractivity contribution in [2.75, 3.05) is 6.54 Å². The van der Waals surface area contributed by atoms with E-state index < -0.39 is 23.3 Å². The van der Waals surface area contributed by atoms with Crippen molar-refractivity contribution in [3.63, 3.8) is 0 Å². The van der Waals surface area contributed by atoms with Crippen LogP contribution >= 0.6 is 0 Å². The summed E-state index contributed by atoms with van der Waals surface area (Å²) in [6.45, 7) is 0.405. The zero-order valence-corrected chi connectivity index (χ0v) is 16.2. The van der Waals surface area contributed by atoms with Gasteiger partial charge in [-0.1, -0.05) is 0 Å². The van der Waals surface area contributed by atoms with E-state index in [1.807, 2.05) is 10.9 Å². The molecule has 0 saturated heterocycles. The predicted octanol–water partition coefficient (Wildman–Crippen LogP) is 4.48. The molecule has 1 aliphatic carbocycles. The Balaban J connectivity index is 0.00000256. The molecule has 0 spiro atoms. The van der Waals surface area contributed by atoms with Crippen molar-refractivity contribution < 1.29 is 23.1 Å². The third-order valence-corrected chi connectivity index (χ3v) is 5.50. The van der Waals surface area contributed by atoms with Gasteiger partial charge in [-0.25, -0.2) is 13.2 Å². The Labute approximate surface area is 171 Å². The van der Waals surface area contributed by atoms with E-state index in [1.165, 1.54) is 12.1 Å². The molecule has 1 heterocycles. The van der Waals surface area contributed by atoms with E-state index in [1.54, 1.807) is 6.07 Å². The molecule has 0 aliphatic heterocycles. The van der Waals surface area contributed by atoms with Crippen molar-refractivity contribution in [2.45, 2.75) is 31.7 Å². The third kappa shape index (κ3) is 4.40. The number of rotatable bonds is 4. The lowest BCUT2D eigenvalue weighted by Crippen LogP contribution is -2.31. The van der Waals surface area contributed by atoms with E-state index in [9.17, 15) is 18.0 Å². The van der Waals surface area contributed by atoms with Crippen molar-refractivity contribution in [3.8, 4) is 5.75 Å². The normalized spacial score (nSPS) is 18.8. The predicted molar refractivity (Wildman–Crippen MR) is 106 cm³/mol. The average molecular weight is 420 g/mol. The first-order chi connectivity index (χ1) is 13.9. The van der Waals surface area contributed by atoms with E-state index in [0.717, 1.165) is 48.7 Å². The van der Waals surface area contributed by atoms with Crippen LogP contribution < -0.4 is 11.5 Å². The van der Waals surface area contributed by atoms with Gasteiger partial charge in [0, 0.05) is 23.7 Å². The minimum Gasteiger partial charge on any atom is -0.503 e. The summed E-state index contributed by atoms with van der Waals surface area (Å²) in [6, 6.07) is 6.38. The van der Waals surface area contributed by atoms with Gasteiger partial charge in [0.05, 0.1) is 11.6 Å². The molecule has 9 heteroatoms. The van der Waals surface area contributed by atoms with Crippen molar-refractivity contribution in [1.82, 2.24) is 21.2 Å². The number of nitrogens with zero attached hydrogens (tertiary/aromatic N) is 2. The Morgan fingerprint density at radius 1 is 1.10 bits per heavy atom. The molecule has 0 atom stereocenters. The summed E-state index contributed by atoms with van der Waals surface area (Å²) >= 11 is 0. The first-order valence-corrected chi connectivity index (χ1v) is 9.51. The molecule has 3 aromatic rings. The summed E-state index contributed by atoms with van der Waals surface area (Å²) in [6.07, 6.45) is 5.35. The molecule has 1 aromatic heterocycles. The lowest BCUT2D eigenvalue weighted by Gasteiger charge is -2.28. The summed E-state index contributed by atoms with van der Waals surface area (Å²) in [5, 5.41) is 17.1. The summed E-state index contributed by atoms with van der Waals surface area (Å²) in [4.78, 5) is 12.1. The maximum Gasteiger partial charge on any atom is 0.251 e. The van der Waals surface area contributed by atoms with Crippen molar-refractivity contribution >= 4 is 16.8 Å². The molecule has 30 heavy (non-hydrogen) atoms. The van der Waals surface area contributed by atoms with Crippen molar-refractivity contribution in [1.29, 1.82) is 0 Å². The number of phenols is 1. The summed E-state index contributed by atoms with van der Waals surface area (Å²) < 4.78 is 42.0. The molecule has 0 radical (unpaired) electrons. The highest BCUT2D eigenvalue weighted by Crippen LogP contribution is 2.32. The minimum absolute atomic E-state index is 0. The van der Waals surface area contributed by atoms with E-state index in [4.69, 9.17) is 5.11 Å². The van der Waals surface area contributed by atoms with Crippen molar-refractivity contribution in [3.05, 3.63) is 59.5 Å². The zero-order chi connectivity index (χ0) is 20.5. The molecule has 1 saturated carbocycles. The number of fused-ring (bicyclic) bond motifs is 1. The van der Waals surface area contributed by atoms with Gasteiger partial charge in [0.2, 0.25) is 0 Å². The number of aromatic hydroxyl groups is 1. The van der Waals surface area contributed by atoms with Gasteiger partial charge < -0.3 is 16.6 Å². The molecule has 1 fully saturated rings.